The number of unbranched alkanes of at least 4 members (excludes halogenated alkanes) is 15. The van der Waals surface area contributed by atoms with Gasteiger partial charge in [0, 0.05) is 12.5 Å². The van der Waals surface area contributed by atoms with Crippen molar-refractivity contribution in [2.24, 2.45) is 0 Å². The normalized spacial score (nSPS) is 12.2. The summed E-state index contributed by atoms with van der Waals surface area (Å²) in [5, 5.41) is 0. The van der Waals surface area contributed by atoms with Gasteiger partial charge in [-0.2, -0.15) is 0 Å². The predicted molar refractivity (Wildman–Crippen MR) is 123 cm³/mol. The number of rotatable bonds is 21. The molecule has 6 heteroatoms. The topological polar surface area (TPSA) is 60.7 Å². The van der Waals surface area contributed by atoms with E-state index in [1.807, 2.05) is 0 Å². The molecule has 0 aliphatic carbocycles. The van der Waals surface area contributed by atoms with Crippen molar-refractivity contribution >= 4 is 8.80 Å². The third-order valence-electron chi connectivity index (χ3n) is 5.89. The molecule has 0 saturated carbocycles. The Morgan fingerprint density at radius 1 is 0.517 bits per heavy atom. The Morgan fingerprint density at radius 2 is 0.828 bits per heavy atom. The third kappa shape index (κ3) is 26.5. The molecular weight excluding hydrogens is 446 g/mol. The van der Waals surface area contributed by atoms with E-state index in [-0.39, 0.29) is 23.0 Å². The van der Waals surface area contributed by atoms with Crippen LogP contribution in [0.1, 0.15) is 116 Å². The van der Waals surface area contributed by atoms with E-state index in [0.717, 1.165) is 17.6 Å². The number of halogens is 1. The van der Waals surface area contributed by atoms with Crippen molar-refractivity contribution in [1.82, 2.24) is 0 Å². The molecule has 0 unspecified atom stereocenters. The summed E-state index contributed by atoms with van der Waals surface area (Å²) < 4.78 is 0.906. The van der Waals surface area contributed by atoms with Crippen molar-refractivity contribution in [3.8, 4) is 0 Å². The van der Waals surface area contributed by atoms with E-state index in [1.54, 1.807) is 0 Å². The molecule has 0 radical (unpaired) electrons. The molecule has 0 amide bonds. The van der Waals surface area contributed by atoms with Crippen LogP contribution >= 0.6 is 0 Å². The van der Waals surface area contributed by atoms with Crippen molar-refractivity contribution < 1.29 is 35.9 Å². The molecule has 0 aromatic heterocycles. The summed E-state index contributed by atoms with van der Waals surface area (Å²) in [7, 11) is 0.547. The van der Waals surface area contributed by atoms with Gasteiger partial charge in [0.15, 0.2) is 0 Å². The summed E-state index contributed by atoms with van der Waals surface area (Å²) in [6, 6.07) is 0.160. The fraction of sp³-hybridized carbons (Fsp3) is 1.00. The van der Waals surface area contributed by atoms with Crippen LogP contribution in [0.15, 0.2) is 0 Å². The fourth-order valence-electron chi connectivity index (χ4n) is 3.94. The predicted octanol–water partition coefficient (Wildman–Crippen LogP) is 2.63. The van der Waals surface area contributed by atoms with E-state index >= 15 is 0 Å². The molecule has 0 aliphatic heterocycles. The lowest BCUT2D eigenvalue weighted by Gasteiger charge is -2.30. The minimum atomic E-state index is -3.84. The molecule has 29 heavy (non-hydrogen) atoms. The molecule has 0 spiro atoms. The van der Waals surface area contributed by atoms with E-state index in [0.29, 0.717) is 6.42 Å². The van der Waals surface area contributed by atoms with Gasteiger partial charge in [-0.1, -0.05) is 96.8 Å². The third-order valence-corrected chi connectivity index (χ3v) is 6.92. The summed E-state index contributed by atoms with van der Waals surface area (Å²) in [5.41, 5.74) is 0. The Balaban J connectivity index is 0. The molecule has 0 rings (SSSR count). The first kappa shape index (κ1) is 31.7. The largest absolute Gasteiger partial charge is 1.00 e. The molecule has 0 aromatic rings. The van der Waals surface area contributed by atoms with Gasteiger partial charge in [-0.25, -0.2) is 0 Å². The van der Waals surface area contributed by atoms with E-state index < -0.39 is 8.80 Å². The second kappa shape index (κ2) is 20.4. The monoisotopic (exact) mass is 497 g/mol. The first-order valence-corrected chi connectivity index (χ1v) is 14.3. The highest BCUT2D eigenvalue weighted by atomic mass is 79.9. The zero-order valence-electron chi connectivity index (χ0n) is 19.8. The number of quaternary nitrogens is 1. The second-order valence-corrected chi connectivity index (χ2v) is 11.6. The molecule has 4 nitrogen and oxygen atoms in total. The van der Waals surface area contributed by atoms with Crippen LogP contribution in [0.4, 0.5) is 0 Å². The van der Waals surface area contributed by atoms with Gasteiger partial charge in [-0.3, -0.25) is 0 Å². The highest BCUT2D eigenvalue weighted by molar-refractivity contribution is 6.56. The van der Waals surface area contributed by atoms with Gasteiger partial charge >= 0.3 is 8.80 Å². The van der Waals surface area contributed by atoms with Crippen molar-refractivity contribution in [2.75, 3.05) is 27.2 Å². The van der Waals surface area contributed by atoms with Gasteiger partial charge in [0.1, 0.15) is 0 Å². The van der Waals surface area contributed by atoms with Gasteiger partial charge in [-0.05, 0) is 12.8 Å². The highest BCUT2D eigenvalue weighted by Gasteiger charge is 2.27. The lowest BCUT2D eigenvalue weighted by Crippen LogP contribution is -3.00. The van der Waals surface area contributed by atoms with Gasteiger partial charge in [0.25, 0.3) is 0 Å². The SMILES string of the molecule is CCCCCCCCCCCCCCCCCC[N+](C)(C)CCC[Si](O)(O)O.[Br-]. The molecule has 0 aromatic carbocycles. The van der Waals surface area contributed by atoms with Crippen LogP contribution in [-0.4, -0.2) is 54.9 Å². The van der Waals surface area contributed by atoms with Gasteiger partial charge in [0.05, 0.1) is 27.2 Å². The standard InChI is InChI=1S/C23H52NO3Si.BrH/c1-4-5-6-7-8-9-10-11-12-13-14-15-16-17-18-19-21-24(2,3)22-20-23-28(25,26)27;/h25-27H,4-23H2,1-3H3;1H/q+1;/p-1. The minimum absolute atomic E-state index is 0. The van der Waals surface area contributed by atoms with Crippen LogP contribution in [-0.2, 0) is 0 Å². The summed E-state index contributed by atoms with van der Waals surface area (Å²) in [6.45, 7) is 4.31. The molecule has 0 atom stereocenters. The van der Waals surface area contributed by atoms with Crippen LogP contribution < -0.4 is 17.0 Å². The Labute approximate surface area is 193 Å². The lowest BCUT2D eigenvalue weighted by atomic mass is 10.0. The molecule has 178 valence electrons. The van der Waals surface area contributed by atoms with Crippen LogP contribution in [0.2, 0.25) is 6.04 Å². The Bertz CT molecular complexity index is 339. The smallest absolute Gasteiger partial charge is 0.492 e. The lowest BCUT2D eigenvalue weighted by molar-refractivity contribution is -0.890. The highest BCUT2D eigenvalue weighted by Crippen LogP contribution is 2.14. The zero-order chi connectivity index (χ0) is 21.1. The van der Waals surface area contributed by atoms with Crippen LogP contribution in [0.5, 0.6) is 0 Å². The Hall–Kier alpha value is 0.537. The summed E-state index contributed by atoms with van der Waals surface area (Å²) in [6.07, 6.45) is 23.0. The fourth-order valence-corrected chi connectivity index (χ4v) is 4.58. The van der Waals surface area contributed by atoms with Crippen LogP contribution in [0.3, 0.4) is 0 Å². The van der Waals surface area contributed by atoms with Crippen LogP contribution in [0, 0.1) is 0 Å². The molecule has 3 N–H and O–H groups in total. The minimum Gasteiger partial charge on any atom is -1.00 e. The second-order valence-electron chi connectivity index (χ2n) is 9.56. The van der Waals surface area contributed by atoms with Crippen molar-refractivity contribution in [3.63, 3.8) is 0 Å². The Kier molecular flexibility index (Phi) is 22.4. The molecule has 0 bridgehead atoms. The van der Waals surface area contributed by atoms with E-state index in [9.17, 15) is 0 Å². The Morgan fingerprint density at radius 3 is 1.17 bits per heavy atom. The average molecular weight is 499 g/mol. The van der Waals surface area contributed by atoms with Crippen LogP contribution in [0.25, 0.3) is 0 Å². The quantitative estimate of drug-likeness (QED) is 0.130. The van der Waals surface area contributed by atoms with Crippen molar-refractivity contribution in [2.45, 2.75) is 122 Å². The summed E-state index contributed by atoms with van der Waals surface area (Å²) in [5.74, 6) is 0. The van der Waals surface area contributed by atoms with E-state index in [4.69, 9.17) is 14.4 Å². The average Bonchev–Trinajstić information content (AvgIpc) is 2.60. The first-order chi connectivity index (χ1) is 13.3. The van der Waals surface area contributed by atoms with Crippen molar-refractivity contribution in [3.05, 3.63) is 0 Å². The molecule has 0 aliphatic rings. The van der Waals surface area contributed by atoms with E-state index in [1.165, 1.54) is 103 Å². The van der Waals surface area contributed by atoms with Gasteiger partial charge in [-0.15, -0.1) is 0 Å². The zero-order valence-corrected chi connectivity index (χ0v) is 22.4. The maximum Gasteiger partial charge on any atom is 0.492 e. The molecule has 0 fully saturated rings. The maximum absolute atomic E-state index is 9.08. The van der Waals surface area contributed by atoms with Gasteiger partial charge in [0.2, 0.25) is 0 Å². The van der Waals surface area contributed by atoms with E-state index in [2.05, 4.69) is 21.0 Å². The van der Waals surface area contributed by atoms with Crippen molar-refractivity contribution in [1.29, 1.82) is 0 Å². The number of hydrogen-bond donors (Lipinski definition) is 3. The van der Waals surface area contributed by atoms with Gasteiger partial charge < -0.3 is 35.9 Å². The number of hydrogen-bond acceptors (Lipinski definition) is 3. The first-order valence-electron chi connectivity index (χ1n) is 12.3. The summed E-state index contributed by atoms with van der Waals surface area (Å²) >= 11 is 0. The maximum atomic E-state index is 9.08. The molecule has 0 heterocycles. The molecule has 0 saturated heterocycles. The summed E-state index contributed by atoms with van der Waals surface area (Å²) in [4.78, 5) is 27.2. The molecular formula is C23H52BrNO3Si. The number of nitrogens with zero attached hydrogens (tertiary/aromatic N) is 1.